The van der Waals surface area contributed by atoms with Gasteiger partial charge in [-0.2, -0.15) is 0 Å². The maximum atomic E-state index is 13.4. The number of anilines is 1. The second kappa shape index (κ2) is 5.99. The van der Waals surface area contributed by atoms with Crippen LogP contribution in [0, 0.1) is 29.4 Å². The van der Waals surface area contributed by atoms with Crippen LogP contribution in [0.25, 0.3) is 0 Å². The van der Waals surface area contributed by atoms with Gasteiger partial charge in [-0.05, 0) is 36.0 Å². The van der Waals surface area contributed by atoms with Crippen LogP contribution in [0.15, 0.2) is 18.2 Å². The first kappa shape index (κ1) is 13.9. The van der Waals surface area contributed by atoms with Crippen LogP contribution in [-0.2, 0) is 0 Å². The monoisotopic (exact) mass is 241 g/mol. The zero-order valence-electron chi connectivity index (χ0n) is 10.9. The fourth-order valence-electron chi connectivity index (χ4n) is 2.10. The van der Waals surface area contributed by atoms with Gasteiger partial charge >= 0.3 is 0 Å². The van der Waals surface area contributed by atoms with Crippen molar-refractivity contribution in [2.45, 2.75) is 27.7 Å². The van der Waals surface area contributed by atoms with Crippen molar-refractivity contribution in [1.29, 1.82) is 0 Å². The summed E-state index contributed by atoms with van der Waals surface area (Å²) in [6, 6.07) is 3.48. The summed E-state index contributed by atoms with van der Waals surface area (Å²) in [6.07, 6.45) is 0. The van der Waals surface area contributed by atoms with E-state index in [-0.39, 0.29) is 5.69 Å². The second-order valence-corrected chi connectivity index (χ2v) is 5.16. The molecule has 0 fully saturated rings. The Kier molecular flexibility index (Phi) is 4.91. The second-order valence-electron chi connectivity index (χ2n) is 5.16. The van der Waals surface area contributed by atoms with Crippen molar-refractivity contribution >= 4 is 5.69 Å². The fraction of sp³-hybridized carbons (Fsp3) is 0.571. The first-order valence-electron chi connectivity index (χ1n) is 6.10. The van der Waals surface area contributed by atoms with Crippen LogP contribution >= 0.6 is 0 Å². The van der Waals surface area contributed by atoms with Crippen molar-refractivity contribution in [3.8, 4) is 0 Å². The van der Waals surface area contributed by atoms with Gasteiger partial charge in [0.1, 0.15) is 11.6 Å². The van der Waals surface area contributed by atoms with Gasteiger partial charge in [-0.1, -0.05) is 27.7 Å². The molecule has 0 saturated carbocycles. The topological polar surface area (TPSA) is 12.0 Å². The molecule has 0 aromatic heterocycles. The lowest BCUT2D eigenvalue weighted by Crippen LogP contribution is -2.24. The number of nitrogens with one attached hydrogen (secondary N) is 1. The van der Waals surface area contributed by atoms with Crippen LogP contribution in [0.5, 0.6) is 0 Å². The Labute approximate surface area is 102 Å². The highest BCUT2D eigenvalue weighted by Gasteiger charge is 2.17. The van der Waals surface area contributed by atoms with E-state index in [1.54, 1.807) is 0 Å². The molecule has 96 valence electrons. The molecule has 17 heavy (non-hydrogen) atoms. The van der Waals surface area contributed by atoms with Crippen molar-refractivity contribution in [1.82, 2.24) is 0 Å². The summed E-state index contributed by atoms with van der Waals surface area (Å²) in [5, 5.41) is 3.00. The molecule has 0 saturated heterocycles. The van der Waals surface area contributed by atoms with E-state index in [2.05, 4.69) is 33.0 Å². The van der Waals surface area contributed by atoms with E-state index >= 15 is 0 Å². The highest BCUT2D eigenvalue weighted by Crippen LogP contribution is 2.22. The number of benzene rings is 1. The van der Waals surface area contributed by atoms with Crippen molar-refractivity contribution in [2.24, 2.45) is 17.8 Å². The number of rotatable bonds is 5. The zero-order chi connectivity index (χ0) is 13.0. The smallest absolute Gasteiger partial charge is 0.146 e. The molecular weight excluding hydrogens is 220 g/mol. The molecule has 1 aromatic rings. The molecule has 0 heterocycles. The van der Waals surface area contributed by atoms with Crippen LogP contribution in [0.3, 0.4) is 0 Å². The van der Waals surface area contributed by atoms with Gasteiger partial charge in [0.05, 0.1) is 5.69 Å². The molecular formula is C14H21F2N. The predicted octanol–water partition coefficient (Wildman–Crippen LogP) is 4.30. The molecule has 0 aliphatic carbocycles. The first-order chi connectivity index (χ1) is 7.91. The molecule has 1 rings (SSSR count). The van der Waals surface area contributed by atoms with Gasteiger partial charge in [0.15, 0.2) is 0 Å². The van der Waals surface area contributed by atoms with Gasteiger partial charge in [0.2, 0.25) is 0 Å². The van der Waals surface area contributed by atoms with Gasteiger partial charge in [-0.15, -0.1) is 0 Å². The molecule has 0 bridgehead atoms. The Morgan fingerprint density at radius 2 is 1.65 bits per heavy atom. The molecule has 0 amide bonds. The minimum Gasteiger partial charge on any atom is -0.382 e. The van der Waals surface area contributed by atoms with Gasteiger partial charge in [-0.25, -0.2) is 8.78 Å². The Bertz CT molecular complexity index is 353. The van der Waals surface area contributed by atoms with Gasteiger partial charge in [-0.3, -0.25) is 0 Å². The maximum Gasteiger partial charge on any atom is 0.146 e. The summed E-state index contributed by atoms with van der Waals surface area (Å²) >= 11 is 0. The SMILES string of the molecule is CC(C)C(CNc1cc(F)ccc1F)C(C)C. The van der Waals surface area contributed by atoms with Gasteiger partial charge in [0.25, 0.3) is 0 Å². The Hall–Kier alpha value is -1.12. The number of hydrogen-bond acceptors (Lipinski definition) is 1. The van der Waals surface area contributed by atoms with Crippen molar-refractivity contribution in [2.75, 3.05) is 11.9 Å². The van der Waals surface area contributed by atoms with Crippen molar-refractivity contribution in [3.05, 3.63) is 29.8 Å². The highest BCUT2D eigenvalue weighted by atomic mass is 19.1. The molecule has 3 heteroatoms. The van der Waals surface area contributed by atoms with Crippen LogP contribution in [0.1, 0.15) is 27.7 Å². The average Bonchev–Trinajstić information content (AvgIpc) is 2.22. The van der Waals surface area contributed by atoms with E-state index < -0.39 is 11.6 Å². The Morgan fingerprint density at radius 3 is 2.18 bits per heavy atom. The number of hydrogen-bond donors (Lipinski definition) is 1. The molecule has 1 aromatic carbocycles. The molecule has 0 spiro atoms. The molecule has 0 radical (unpaired) electrons. The third kappa shape index (κ3) is 3.99. The molecule has 0 atom stereocenters. The molecule has 1 N–H and O–H groups in total. The summed E-state index contributed by atoms with van der Waals surface area (Å²) in [7, 11) is 0. The predicted molar refractivity (Wildman–Crippen MR) is 68.0 cm³/mol. The van der Waals surface area contributed by atoms with E-state index in [0.717, 1.165) is 12.1 Å². The summed E-state index contributed by atoms with van der Waals surface area (Å²) in [5.74, 6) is 0.646. The van der Waals surface area contributed by atoms with E-state index in [1.807, 2.05) is 0 Å². The fourth-order valence-corrected chi connectivity index (χ4v) is 2.10. The lowest BCUT2D eigenvalue weighted by molar-refractivity contribution is 0.304. The molecule has 1 nitrogen and oxygen atoms in total. The van der Waals surface area contributed by atoms with Gasteiger partial charge < -0.3 is 5.32 Å². The first-order valence-corrected chi connectivity index (χ1v) is 6.10. The molecule has 0 aliphatic heterocycles. The van der Waals surface area contributed by atoms with Crippen molar-refractivity contribution < 1.29 is 8.78 Å². The van der Waals surface area contributed by atoms with E-state index in [0.29, 0.717) is 24.3 Å². The quantitative estimate of drug-likeness (QED) is 0.810. The minimum atomic E-state index is -0.417. The largest absolute Gasteiger partial charge is 0.382 e. The Morgan fingerprint density at radius 1 is 1.06 bits per heavy atom. The van der Waals surface area contributed by atoms with Crippen molar-refractivity contribution in [3.63, 3.8) is 0 Å². The summed E-state index contributed by atoms with van der Waals surface area (Å²) in [5.41, 5.74) is 0.247. The van der Waals surface area contributed by atoms with Crippen LogP contribution in [0.2, 0.25) is 0 Å². The minimum absolute atomic E-state index is 0.247. The third-order valence-corrected chi connectivity index (χ3v) is 3.17. The maximum absolute atomic E-state index is 13.4. The normalized spacial score (nSPS) is 11.6. The van der Waals surface area contributed by atoms with E-state index in [4.69, 9.17) is 0 Å². The van der Waals surface area contributed by atoms with E-state index in [1.165, 1.54) is 6.07 Å². The zero-order valence-corrected chi connectivity index (χ0v) is 10.9. The Balaban J connectivity index is 2.68. The molecule has 0 aliphatic rings. The summed E-state index contributed by atoms with van der Waals surface area (Å²) in [6.45, 7) is 9.25. The molecule has 0 unspecified atom stereocenters. The standard InChI is InChI=1S/C14H21F2N/c1-9(2)12(10(3)4)8-17-14-7-11(15)5-6-13(14)16/h5-7,9-10,12,17H,8H2,1-4H3. The van der Waals surface area contributed by atoms with Crippen LogP contribution in [0.4, 0.5) is 14.5 Å². The van der Waals surface area contributed by atoms with E-state index in [9.17, 15) is 8.78 Å². The van der Waals surface area contributed by atoms with Gasteiger partial charge in [0, 0.05) is 6.54 Å². The lowest BCUT2D eigenvalue weighted by Gasteiger charge is -2.25. The third-order valence-electron chi connectivity index (χ3n) is 3.17. The summed E-state index contributed by atoms with van der Waals surface area (Å²) < 4.78 is 26.4. The summed E-state index contributed by atoms with van der Waals surface area (Å²) in [4.78, 5) is 0. The lowest BCUT2D eigenvalue weighted by atomic mass is 9.85. The average molecular weight is 241 g/mol. The highest BCUT2D eigenvalue weighted by molar-refractivity contribution is 5.44. The number of halogens is 2. The van der Waals surface area contributed by atoms with Crippen LogP contribution < -0.4 is 5.32 Å². The van der Waals surface area contributed by atoms with Crippen LogP contribution in [-0.4, -0.2) is 6.54 Å².